The summed E-state index contributed by atoms with van der Waals surface area (Å²) < 4.78 is 15.4. The maximum Gasteiger partial charge on any atom is 0.227 e. The molecule has 1 N–H and O–H groups in total. The van der Waals surface area contributed by atoms with Crippen LogP contribution < -0.4 is 5.32 Å². The SMILES string of the molecule is CCc1cc(CNC(=O)Cc2nc(-c3ccc(Cl)c(F)c3)nn2CC)cc(CC)n1. The number of hydrogen-bond acceptors (Lipinski definition) is 4. The number of aryl methyl sites for hydroxylation is 3. The molecule has 0 unspecified atom stereocenters. The lowest BCUT2D eigenvalue weighted by Gasteiger charge is -2.09. The molecule has 158 valence electrons. The van der Waals surface area contributed by atoms with Gasteiger partial charge in [0.1, 0.15) is 11.6 Å². The van der Waals surface area contributed by atoms with Crippen LogP contribution in [0.1, 0.15) is 43.5 Å². The number of carbonyl (C=O) groups excluding carboxylic acids is 1. The number of hydrogen-bond donors (Lipinski definition) is 1. The summed E-state index contributed by atoms with van der Waals surface area (Å²) in [6.45, 7) is 7.02. The van der Waals surface area contributed by atoms with E-state index >= 15 is 0 Å². The lowest BCUT2D eigenvalue weighted by molar-refractivity contribution is -0.120. The number of nitrogens with one attached hydrogen (secondary N) is 1. The normalized spacial score (nSPS) is 11.0. The third kappa shape index (κ3) is 5.21. The summed E-state index contributed by atoms with van der Waals surface area (Å²) in [5.74, 6) is 0.207. The van der Waals surface area contributed by atoms with Crippen LogP contribution in [0.25, 0.3) is 11.4 Å². The van der Waals surface area contributed by atoms with Crippen molar-refractivity contribution in [3.05, 3.63) is 63.9 Å². The highest BCUT2D eigenvalue weighted by atomic mass is 35.5. The van der Waals surface area contributed by atoms with Crippen LogP contribution in [-0.2, 0) is 37.1 Å². The predicted molar refractivity (Wildman–Crippen MR) is 115 cm³/mol. The van der Waals surface area contributed by atoms with Gasteiger partial charge in [-0.3, -0.25) is 9.78 Å². The first-order valence-corrected chi connectivity index (χ1v) is 10.5. The molecule has 0 radical (unpaired) electrons. The van der Waals surface area contributed by atoms with Gasteiger partial charge in [-0.1, -0.05) is 25.4 Å². The van der Waals surface area contributed by atoms with Gasteiger partial charge in [-0.2, -0.15) is 5.10 Å². The molecule has 6 nitrogen and oxygen atoms in total. The van der Waals surface area contributed by atoms with Crippen molar-refractivity contribution >= 4 is 17.5 Å². The molecule has 2 aromatic heterocycles. The van der Waals surface area contributed by atoms with Gasteiger partial charge >= 0.3 is 0 Å². The molecule has 8 heteroatoms. The Labute approximate surface area is 180 Å². The van der Waals surface area contributed by atoms with E-state index in [-0.39, 0.29) is 17.4 Å². The molecule has 0 spiro atoms. The Bertz CT molecular complexity index is 1030. The van der Waals surface area contributed by atoms with E-state index in [0.29, 0.717) is 30.3 Å². The smallest absolute Gasteiger partial charge is 0.227 e. The Balaban J connectivity index is 1.70. The second-order valence-corrected chi connectivity index (χ2v) is 7.32. The molecule has 2 heterocycles. The number of benzene rings is 1. The minimum absolute atomic E-state index is 0.0434. The van der Waals surface area contributed by atoms with Crippen LogP contribution >= 0.6 is 11.6 Å². The second-order valence-electron chi connectivity index (χ2n) is 6.91. The summed E-state index contributed by atoms with van der Waals surface area (Å²) in [7, 11) is 0. The topological polar surface area (TPSA) is 72.7 Å². The number of carbonyl (C=O) groups is 1. The summed E-state index contributed by atoms with van der Waals surface area (Å²) in [4.78, 5) is 21.5. The van der Waals surface area contributed by atoms with Gasteiger partial charge in [0.2, 0.25) is 5.91 Å². The van der Waals surface area contributed by atoms with Crippen molar-refractivity contribution < 1.29 is 9.18 Å². The summed E-state index contributed by atoms with van der Waals surface area (Å²) in [5, 5.41) is 7.38. The van der Waals surface area contributed by atoms with Gasteiger partial charge in [0.05, 0.1) is 11.4 Å². The average Bonchev–Trinajstić information content (AvgIpc) is 3.16. The largest absolute Gasteiger partial charge is 0.352 e. The molecule has 0 aliphatic carbocycles. The Morgan fingerprint density at radius 2 is 1.80 bits per heavy atom. The molecular formula is C22H25ClFN5O. The molecule has 3 aromatic rings. The van der Waals surface area contributed by atoms with Crippen LogP contribution in [0.2, 0.25) is 5.02 Å². The Kier molecular flexibility index (Phi) is 7.15. The summed E-state index contributed by atoms with van der Waals surface area (Å²) >= 11 is 5.75. The van der Waals surface area contributed by atoms with E-state index in [1.54, 1.807) is 10.7 Å². The maximum absolute atomic E-state index is 13.8. The summed E-state index contributed by atoms with van der Waals surface area (Å²) in [5.41, 5.74) is 3.58. The van der Waals surface area contributed by atoms with Crippen molar-refractivity contribution in [2.45, 2.75) is 53.1 Å². The van der Waals surface area contributed by atoms with E-state index in [0.717, 1.165) is 29.8 Å². The van der Waals surface area contributed by atoms with Gasteiger partial charge in [0.25, 0.3) is 0 Å². The fourth-order valence-corrected chi connectivity index (χ4v) is 3.22. The van der Waals surface area contributed by atoms with Gasteiger partial charge < -0.3 is 5.32 Å². The van der Waals surface area contributed by atoms with Crippen molar-refractivity contribution in [2.24, 2.45) is 0 Å². The molecule has 30 heavy (non-hydrogen) atoms. The number of aromatic nitrogens is 4. The van der Waals surface area contributed by atoms with Crippen LogP contribution in [0, 0.1) is 5.82 Å². The van der Waals surface area contributed by atoms with E-state index in [1.807, 2.05) is 19.1 Å². The van der Waals surface area contributed by atoms with Crippen LogP contribution in [0.15, 0.2) is 30.3 Å². The molecule has 0 bridgehead atoms. The Morgan fingerprint density at radius 1 is 1.10 bits per heavy atom. The van der Waals surface area contributed by atoms with E-state index in [1.165, 1.54) is 12.1 Å². The van der Waals surface area contributed by atoms with Gasteiger partial charge in [-0.05, 0) is 55.7 Å². The van der Waals surface area contributed by atoms with Crippen LogP contribution in [0.3, 0.4) is 0 Å². The van der Waals surface area contributed by atoms with Crippen LogP contribution in [0.4, 0.5) is 4.39 Å². The zero-order valence-electron chi connectivity index (χ0n) is 17.4. The Hall–Kier alpha value is -2.80. The number of rotatable bonds is 8. The molecule has 3 rings (SSSR count). The molecule has 0 fully saturated rings. The Morgan fingerprint density at radius 3 is 2.40 bits per heavy atom. The number of nitrogens with zero attached hydrogens (tertiary/aromatic N) is 4. The lowest BCUT2D eigenvalue weighted by atomic mass is 10.1. The van der Waals surface area contributed by atoms with E-state index in [4.69, 9.17) is 11.6 Å². The highest BCUT2D eigenvalue weighted by molar-refractivity contribution is 6.30. The molecule has 0 aliphatic rings. The highest BCUT2D eigenvalue weighted by Crippen LogP contribution is 2.22. The van der Waals surface area contributed by atoms with Gasteiger partial charge in [0, 0.05) is 30.0 Å². The van der Waals surface area contributed by atoms with Crippen molar-refractivity contribution in [1.82, 2.24) is 25.1 Å². The van der Waals surface area contributed by atoms with Crippen LogP contribution in [0.5, 0.6) is 0 Å². The fourth-order valence-electron chi connectivity index (χ4n) is 3.11. The van der Waals surface area contributed by atoms with Crippen molar-refractivity contribution in [3.63, 3.8) is 0 Å². The molecule has 0 saturated heterocycles. The summed E-state index contributed by atoms with van der Waals surface area (Å²) in [6.07, 6.45) is 1.79. The standard InChI is InChI=1S/C22H25ClFN5O/c1-4-16-9-14(10-17(5-2)26-16)13-25-21(30)12-20-27-22(28-29(20)6-3)15-7-8-18(23)19(24)11-15/h7-11H,4-6,12-13H2,1-3H3,(H,25,30). The number of halogens is 2. The fraction of sp³-hybridized carbons (Fsp3) is 0.364. The van der Waals surface area contributed by atoms with E-state index < -0.39 is 5.82 Å². The molecule has 0 atom stereocenters. The predicted octanol–water partition coefficient (Wildman–Crippen LogP) is 4.14. The van der Waals surface area contributed by atoms with Gasteiger partial charge in [-0.25, -0.2) is 14.1 Å². The quantitative estimate of drug-likeness (QED) is 0.584. The van der Waals surface area contributed by atoms with Gasteiger partial charge in [-0.15, -0.1) is 0 Å². The number of pyridine rings is 1. The molecule has 1 aromatic carbocycles. The molecular weight excluding hydrogens is 405 g/mol. The van der Waals surface area contributed by atoms with Crippen LogP contribution in [-0.4, -0.2) is 25.7 Å². The first kappa shape index (κ1) is 21.9. The maximum atomic E-state index is 13.8. The first-order chi connectivity index (χ1) is 14.4. The first-order valence-electron chi connectivity index (χ1n) is 10.1. The minimum Gasteiger partial charge on any atom is -0.352 e. The highest BCUT2D eigenvalue weighted by Gasteiger charge is 2.15. The third-order valence-corrected chi connectivity index (χ3v) is 5.06. The molecule has 1 amide bonds. The molecule has 0 saturated carbocycles. The third-order valence-electron chi connectivity index (χ3n) is 4.75. The zero-order chi connectivity index (χ0) is 21.7. The lowest BCUT2D eigenvalue weighted by Crippen LogP contribution is -2.26. The second kappa shape index (κ2) is 9.80. The van der Waals surface area contributed by atoms with E-state index in [2.05, 4.69) is 34.2 Å². The van der Waals surface area contributed by atoms with E-state index in [9.17, 15) is 9.18 Å². The monoisotopic (exact) mass is 429 g/mol. The summed E-state index contributed by atoms with van der Waals surface area (Å²) in [6, 6.07) is 8.45. The minimum atomic E-state index is -0.531. The van der Waals surface area contributed by atoms with Crippen molar-refractivity contribution in [1.29, 1.82) is 0 Å². The van der Waals surface area contributed by atoms with Crippen molar-refractivity contribution in [2.75, 3.05) is 0 Å². The zero-order valence-corrected chi connectivity index (χ0v) is 18.1. The average molecular weight is 430 g/mol. The molecule has 0 aliphatic heterocycles. The van der Waals surface area contributed by atoms with Crippen molar-refractivity contribution in [3.8, 4) is 11.4 Å². The van der Waals surface area contributed by atoms with Gasteiger partial charge in [0.15, 0.2) is 5.82 Å². The number of amides is 1.